The third-order valence-electron chi connectivity index (χ3n) is 2.26. The minimum absolute atomic E-state index is 1.06. The molecule has 0 aliphatic carbocycles. The smallest absolute Gasteiger partial charge is 0.0892 e. The second-order valence-electron chi connectivity index (χ2n) is 3.27. The third kappa shape index (κ3) is 1.02. The highest BCUT2D eigenvalue weighted by atomic mass is 32.1. The van der Waals surface area contributed by atoms with Crippen LogP contribution in [0.1, 0.15) is 5.69 Å². The van der Waals surface area contributed by atoms with E-state index in [-0.39, 0.29) is 0 Å². The standard InChI is InChI=1S/C11H8N2S/c1-7-2-3-9-11(13-7)8-4-5-12-6-10(8)14-9/h2-6H,1H3. The second kappa shape index (κ2) is 2.75. The normalized spacial score (nSPS) is 11.2. The fourth-order valence-corrected chi connectivity index (χ4v) is 2.61. The molecular formula is C11H8N2S. The minimum Gasteiger partial charge on any atom is -0.263 e. The van der Waals surface area contributed by atoms with E-state index in [2.05, 4.69) is 16.0 Å². The topological polar surface area (TPSA) is 25.8 Å². The highest BCUT2D eigenvalue weighted by molar-refractivity contribution is 7.25. The number of aromatic nitrogens is 2. The van der Waals surface area contributed by atoms with Crippen molar-refractivity contribution in [3.8, 4) is 0 Å². The zero-order valence-electron chi connectivity index (χ0n) is 7.69. The van der Waals surface area contributed by atoms with E-state index in [1.807, 2.05) is 31.5 Å². The van der Waals surface area contributed by atoms with Crippen molar-refractivity contribution < 1.29 is 0 Å². The van der Waals surface area contributed by atoms with Gasteiger partial charge in [-0.2, -0.15) is 0 Å². The first-order chi connectivity index (χ1) is 6.84. The van der Waals surface area contributed by atoms with Crippen molar-refractivity contribution in [3.63, 3.8) is 0 Å². The van der Waals surface area contributed by atoms with Gasteiger partial charge in [-0.1, -0.05) is 0 Å². The molecule has 0 aliphatic heterocycles. The van der Waals surface area contributed by atoms with Gasteiger partial charge in [-0.3, -0.25) is 9.97 Å². The first kappa shape index (κ1) is 7.88. The molecule has 0 aromatic carbocycles. The zero-order valence-corrected chi connectivity index (χ0v) is 8.51. The van der Waals surface area contributed by atoms with Crippen LogP contribution in [0.4, 0.5) is 0 Å². The van der Waals surface area contributed by atoms with E-state index in [9.17, 15) is 0 Å². The molecule has 3 heterocycles. The molecule has 0 amide bonds. The van der Waals surface area contributed by atoms with Crippen LogP contribution in [0.2, 0.25) is 0 Å². The van der Waals surface area contributed by atoms with E-state index >= 15 is 0 Å². The zero-order chi connectivity index (χ0) is 9.54. The summed E-state index contributed by atoms with van der Waals surface area (Å²) in [5.74, 6) is 0. The van der Waals surface area contributed by atoms with E-state index in [0.29, 0.717) is 0 Å². The summed E-state index contributed by atoms with van der Waals surface area (Å²) in [7, 11) is 0. The Kier molecular flexibility index (Phi) is 1.55. The number of pyridine rings is 2. The lowest BCUT2D eigenvalue weighted by Gasteiger charge is -1.92. The molecule has 0 fully saturated rings. The van der Waals surface area contributed by atoms with Crippen LogP contribution in [-0.4, -0.2) is 9.97 Å². The molecule has 0 saturated heterocycles. The SMILES string of the molecule is Cc1ccc2sc3cnccc3c2n1. The van der Waals surface area contributed by atoms with Gasteiger partial charge in [0.25, 0.3) is 0 Å². The second-order valence-corrected chi connectivity index (χ2v) is 4.36. The van der Waals surface area contributed by atoms with E-state index in [0.717, 1.165) is 11.2 Å². The van der Waals surface area contributed by atoms with Crippen molar-refractivity contribution in [2.24, 2.45) is 0 Å². The lowest BCUT2D eigenvalue weighted by Crippen LogP contribution is -1.78. The number of rotatable bonds is 0. The maximum Gasteiger partial charge on any atom is 0.0892 e. The molecule has 0 spiro atoms. The molecule has 14 heavy (non-hydrogen) atoms. The van der Waals surface area contributed by atoms with Gasteiger partial charge in [0.1, 0.15) is 0 Å². The molecule has 0 bridgehead atoms. The van der Waals surface area contributed by atoms with E-state index < -0.39 is 0 Å². The van der Waals surface area contributed by atoms with Crippen LogP contribution in [-0.2, 0) is 0 Å². The van der Waals surface area contributed by atoms with E-state index in [1.165, 1.54) is 14.8 Å². The van der Waals surface area contributed by atoms with Crippen LogP contribution in [0.15, 0.2) is 30.6 Å². The summed E-state index contributed by atoms with van der Waals surface area (Å²) in [4.78, 5) is 8.66. The Bertz CT molecular complexity index is 613. The van der Waals surface area contributed by atoms with E-state index in [1.54, 1.807) is 11.3 Å². The van der Waals surface area contributed by atoms with Crippen molar-refractivity contribution in [3.05, 3.63) is 36.3 Å². The molecule has 0 atom stereocenters. The highest BCUT2D eigenvalue weighted by Gasteiger charge is 2.05. The van der Waals surface area contributed by atoms with Crippen LogP contribution < -0.4 is 0 Å². The molecule has 3 aromatic rings. The Balaban J connectivity index is 2.58. The summed E-state index contributed by atoms with van der Waals surface area (Å²) in [5.41, 5.74) is 2.17. The molecule has 0 aliphatic rings. The molecule has 0 radical (unpaired) electrons. The fourth-order valence-electron chi connectivity index (χ4n) is 1.59. The summed E-state index contributed by atoms with van der Waals surface area (Å²) in [5, 5.41) is 1.21. The molecule has 3 heteroatoms. The molecule has 2 nitrogen and oxygen atoms in total. The van der Waals surface area contributed by atoms with Crippen molar-refractivity contribution in [2.75, 3.05) is 0 Å². The number of aryl methyl sites for hydroxylation is 1. The van der Waals surface area contributed by atoms with Gasteiger partial charge >= 0.3 is 0 Å². The minimum atomic E-state index is 1.06. The van der Waals surface area contributed by atoms with Crippen LogP contribution in [0.3, 0.4) is 0 Å². The first-order valence-electron chi connectivity index (χ1n) is 4.44. The molecule has 0 unspecified atom stereocenters. The van der Waals surface area contributed by atoms with Gasteiger partial charge in [0.2, 0.25) is 0 Å². The molecule has 3 rings (SSSR count). The average Bonchev–Trinajstić information content (AvgIpc) is 2.56. The largest absolute Gasteiger partial charge is 0.263 e. The van der Waals surface area contributed by atoms with Gasteiger partial charge in [-0.15, -0.1) is 11.3 Å². The summed E-state index contributed by atoms with van der Waals surface area (Å²) in [6.07, 6.45) is 3.72. The average molecular weight is 200 g/mol. The van der Waals surface area contributed by atoms with Crippen molar-refractivity contribution in [1.82, 2.24) is 9.97 Å². The summed E-state index contributed by atoms with van der Waals surface area (Å²) in [6.45, 7) is 2.02. The maximum atomic E-state index is 4.55. The Labute approximate surface area is 85.2 Å². The van der Waals surface area contributed by atoms with Gasteiger partial charge < -0.3 is 0 Å². The lowest BCUT2D eigenvalue weighted by atomic mass is 10.2. The fraction of sp³-hybridized carbons (Fsp3) is 0.0909. The van der Waals surface area contributed by atoms with Crippen molar-refractivity contribution in [2.45, 2.75) is 6.92 Å². The molecule has 0 N–H and O–H groups in total. The number of fused-ring (bicyclic) bond motifs is 3. The van der Waals surface area contributed by atoms with Gasteiger partial charge in [0.05, 0.1) is 14.9 Å². The van der Waals surface area contributed by atoms with Crippen LogP contribution in [0.25, 0.3) is 20.3 Å². The lowest BCUT2D eigenvalue weighted by molar-refractivity contribution is 1.27. The van der Waals surface area contributed by atoms with Crippen molar-refractivity contribution >= 4 is 31.6 Å². The number of thiophene rings is 1. The van der Waals surface area contributed by atoms with E-state index in [4.69, 9.17) is 0 Å². The molecular weight excluding hydrogens is 192 g/mol. The predicted octanol–water partition coefficient (Wildman–Crippen LogP) is 3.15. The first-order valence-corrected chi connectivity index (χ1v) is 5.26. The Hall–Kier alpha value is -1.48. The monoisotopic (exact) mass is 200 g/mol. The highest BCUT2D eigenvalue weighted by Crippen LogP contribution is 2.31. The van der Waals surface area contributed by atoms with Crippen molar-refractivity contribution in [1.29, 1.82) is 0 Å². The van der Waals surface area contributed by atoms with Crippen LogP contribution in [0, 0.1) is 6.92 Å². The molecule has 0 saturated carbocycles. The summed E-state index contributed by atoms with van der Waals surface area (Å²) >= 11 is 1.75. The predicted molar refractivity (Wildman–Crippen MR) is 59.7 cm³/mol. The van der Waals surface area contributed by atoms with Gasteiger partial charge in [0.15, 0.2) is 0 Å². The Morgan fingerprint density at radius 1 is 1.14 bits per heavy atom. The molecule has 68 valence electrons. The Morgan fingerprint density at radius 2 is 2.07 bits per heavy atom. The summed E-state index contributed by atoms with van der Waals surface area (Å²) < 4.78 is 2.44. The van der Waals surface area contributed by atoms with Crippen LogP contribution in [0.5, 0.6) is 0 Å². The van der Waals surface area contributed by atoms with Crippen LogP contribution >= 0.6 is 11.3 Å². The van der Waals surface area contributed by atoms with Gasteiger partial charge in [-0.05, 0) is 25.1 Å². The van der Waals surface area contributed by atoms with Gasteiger partial charge in [0, 0.05) is 23.5 Å². The third-order valence-corrected chi connectivity index (χ3v) is 3.35. The number of hydrogen-bond acceptors (Lipinski definition) is 3. The number of hydrogen-bond donors (Lipinski definition) is 0. The quantitative estimate of drug-likeness (QED) is 0.557. The molecule has 3 aromatic heterocycles. The maximum absolute atomic E-state index is 4.55. The number of nitrogens with zero attached hydrogens (tertiary/aromatic N) is 2. The van der Waals surface area contributed by atoms with Gasteiger partial charge in [-0.25, -0.2) is 0 Å². The Morgan fingerprint density at radius 3 is 3.00 bits per heavy atom. The summed E-state index contributed by atoms with van der Waals surface area (Å²) in [6, 6.07) is 6.20.